The van der Waals surface area contributed by atoms with Crippen molar-refractivity contribution in [3.05, 3.63) is 125 Å². The number of amides is 3. The molecule has 46 heavy (non-hydrogen) atoms. The maximum atomic E-state index is 14.2. The molecule has 0 saturated carbocycles. The molecule has 6 rings (SSSR count). The molecular weight excluding hydrogens is 611 g/mol. The van der Waals surface area contributed by atoms with Gasteiger partial charge in [-0.05, 0) is 71.8 Å². The van der Waals surface area contributed by atoms with Crippen molar-refractivity contribution in [1.82, 2.24) is 4.90 Å². The average molecular weight is 641 g/mol. The number of Topliss-reactive ketones (excluding diaryl/α,β-unsaturated/α-hetero) is 1. The predicted octanol–water partition coefficient (Wildman–Crippen LogP) is 5.25. The van der Waals surface area contributed by atoms with Crippen molar-refractivity contribution in [2.24, 2.45) is 0 Å². The van der Waals surface area contributed by atoms with Gasteiger partial charge in [0.25, 0.3) is 17.6 Å². The molecule has 0 spiro atoms. The SMILES string of the molecule is O=C1C(=O)N(CC(=O)N(Cc2ccc(F)cc2)C(C(=O)Nc2ccc(N3CCOCC3)cc2)c2ccc(Cl)cc2)c2ccccc21. The lowest BCUT2D eigenvalue weighted by Crippen LogP contribution is -2.46. The molecule has 3 amide bonds. The first-order valence-corrected chi connectivity index (χ1v) is 15.1. The van der Waals surface area contributed by atoms with Gasteiger partial charge in [-0.3, -0.25) is 24.1 Å². The standard InChI is InChI=1S/C35H30ClFN4O5/c36-25-9-7-24(8-10-25)32(34(44)38-27-13-15-28(16-14-27)39-17-19-46-20-18-39)41(21-23-5-11-26(37)12-6-23)31(42)22-40-30-4-2-1-3-29(30)33(43)35(40)45/h1-16,32H,17-22H2,(H,38,44). The normalized spacial score (nSPS) is 15.0. The van der Waals surface area contributed by atoms with Crippen molar-refractivity contribution >= 4 is 52.2 Å². The van der Waals surface area contributed by atoms with Crippen LogP contribution in [0.1, 0.15) is 27.5 Å². The minimum Gasteiger partial charge on any atom is -0.378 e. The molecule has 0 aromatic heterocycles. The number of hydrogen-bond acceptors (Lipinski definition) is 6. The first-order valence-electron chi connectivity index (χ1n) is 14.8. The van der Waals surface area contributed by atoms with Crippen LogP contribution in [0.2, 0.25) is 5.02 Å². The van der Waals surface area contributed by atoms with E-state index in [1.807, 2.05) is 12.1 Å². The van der Waals surface area contributed by atoms with Crippen molar-refractivity contribution in [2.45, 2.75) is 12.6 Å². The Morgan fingerprint density at radius 2 is 1.57 bits per heavy atom. The van der Waals surface area contributed by atoms with Crippen LogP contribution in [0.25, 0.3) is 0 Å². The summed E-state index contributed by atoms with van der Waals surface area (Å²) >= 11 is 6.18. The van der Waals surface area contributed by atoms with Crippen LogP contribution in [0.15, 0.2) is 97.1 Å². The zero-order chi connectivity index (χ0) is 32.2. The van der Waals surface area contributed by atoms with Gasteiger partial charge < -0.3 is 19.9 Å². The highest BCUT2D eigenvalue weighted by Crippen LogP contribution is 2.31. The third-order valence-electron chi connectivity index (χ3n) is 8.02. The number of carbonyl (C=O) groups excluding carboxylic acids is 4. The molecule has 4 aromatic carbocycles. The van der Waals surface area contributed by atoms with E-state index in [1.54, 1.807) is 54.6 Å². The summed E-state index contributed by atoms with van der Waals surface area (Å²) in [5, 5.41) is 3.38. The summed E-state index contributed by atoms with van der Waals surface area (Å²) in [6, 6.07) is 24.8. The van der Waals surface area contributed by atoms with Crippen LogP contribution in [0.4, 0.5) is 21.5 Å². The lowest BCUT2D eigenvalue weighted by molar-refractivity contribution is -0.139. The number of halogens is 2. The Kier molecular flexibility index (Phi) is 9.09. The number of ether oxygens (including phenoxy) is 1. The fourth-order valence-electron chi connectivity index (χ4n) is 5.65. The second-order valence-electron chi connectivity index (χ2n) is 11.0. The molecule has 234 valence electrons. The van der Waals surface area contributed by atoms with Gasteiger partial charge in [-0.1, -0.05) is 48.0 Å². The lowest BCUT2D eigenvalue weighted by atomic mass is 10.0. The van der Waals surface area contributed by atoms with Crippen LogP contribution in [-0.4, -0.2) is 61.3 Å². The summed E-state index contributed by atoms with van der Waals surface area (Å²) < 4.78 is 19.2. The highest BCUT2D eigenvalue weighted by Gasteiger charge is 2.39. The summed E-state index contributed by atoms with van der Waals surface area (Å²) in [6.07, 6.45) is 0. The summed E-state index contributed by atoms with van der Waals surface area (Å²) in [4.78, 5) is 58.7. The zero-order valence-corrected chi connectivity index (χ0v) is 25.5. The molecule has 9 nitrogen and oxygen atoms in total. The van der Waals surface area contributed by atoms with Crippen LogP contribution in [0.3, 0.4) is 0 Å². The van der Waals surface area contributed by atoms with Gasteiger partial charge in [-0.15, -0.1) is 0 Å². The van der Waals surface area contributed by atoms with E-state index in [4.69, 9.17) is 16.3 Å². The summed E-state index contributed by atoms with van der Waals surface area (Å²) in [6.45, 7) is 2.23. The Labute approximate surface area is 270 Å². The molecule has 11 heteroatoms. The van der Waals surface area contributed by atoms with E-state index in [9.17, 15) is 23.6 Å². The zero-order valence-electron chi connectivity index (χ0n) is 24.7. The first-order chi connectivity index (χ1) is 22.3. The quantitative estimate of drug-likeness (QED) is 0.251. The van der Waals surface area contributed by atoms with Crippen molar-refractivity contribution in [3.63, 3.8) is 0 Å². The molecule has 1 unspecified atom stereocenters. The van der Waals surface area contributed by atoms with Gasteiger partial charge in [0.05, 0.1) is 24.5 Å². The Bertz CT molecular complexity index is 1760. The highest BCUT2D eigenvalue weighted by atomic mass is 35.5. The van der Waals surface area contributed by atoms with Crippen molar-refractivity contribution in [1.29, 1.82) is 0 Å². The Morgan fingerprint density at radius 3 is 2.26 bits per heavy atom. The van der Waals surface area contributed by atoms with E-state index in [0.717, 1.165) is 23.7 Å². The average Bonchev–Trinajstić information content (AvgIpc) is 3.31. The van der Waals surface area contributed by atoms with Gasteiger partial charge in [-0.2, -0.15) is 0 Å². The number of para-hydroxylation sites is 1. The maximum Gasteiger partial charge on any atom is 0.299 e. The number of fused-ring (bicyclic) bond motifs is 1. The number of anilines is 3. The third-order valence-corrected chi connectivity index (χ3v) is 8.27. The first kappa shape index (κ1) is 30.9. The monoisotopic (exact) mass is 640 g/mol. The van der Waals surface area contributed by atoms with Gasteiger partial charge in [0.15, 0.2) is 0 Å². The Hall–Kier alpha value is -5.06. The fourth-order valence-corrected chi connectivity index (χ4v) is 5.77. The molecule has 2 aliphatic heterocycles. The summed E-state index contributed by atoms with van der Waals surface area (Å²) in [5.41, 5.74) is 3.06. The maximum absolute atomic E-state index is 14.2. The minimum absolute atomic E-state index is 0.0899. The lowest BCUT2D eigenvalue weighted by Gasteiger charge is -2.33. The number of nitrogens with one attached hydrogen (secondary N) is 1. The minimum atomic E-state index is -1.18. The van der Waals surface area contributed by atoms with E-state index in [-0.39, 0.29) is 12.1 Å². The molecule has 4 aromatic rings. The summed E-state index contributed by atoms with van der Waals surface area (Å²) in [5.74, 6) is -3.10. The van der Waals surface area contributed by atoms with Crippen LogP contribution < -0.4 is 15.1 Å². The largest absolute Gasteiger partial charge is 0.378 e. The number of morpholine rings is 1. The van der Waals surface area contributed by atoms with E-state index < -0.39 is 41.9 Å². The highest BCUT2D eigenvalue weighted by molar-refractivity contribution is 6.52. The molecule has 2 aliphatic rings. The fraction of sp³-hybridized carbons (Fsp3) is 0.200. The Balaban J connectivity index is 1.33. The van der Waals surface area contributed by atoms with E-state index in [0.29, 0.717) is 40.7 Å². The number of ketones is 1. The van der Waals surface area contributed by atoms with Gasteiger partial charge in [0, 0.05) is 36.0 Å². The molecular formula is C35H30ClFN4O5. The van der Waals surface area contributed by atoms with Crippen molar-refractivity contribution in [3.8, 4) is 0 Å². The number of benzene rings is 4. The van der Waals surface area contributed by atoms with Crippen molar-refractivity contribution < 1.29 is 28.3 Å². The predicted molar refractivity (Wildman–Crippen MR) is 172 cm³/mol. The number of hydrogen-bond donors (Lipinski definition) is 1. The molecule has 1 N–H and O–H groups in total. The molecule has 2 heterocycles. The van der Waals surface area contributed by atoms with Crippen LogP contribution in [0, 0.1) is 5.82 Å². The van der Waals surface area contributed by atoms with Crippen LogP contribution >= 0.6 is 11.6 Å². The molecule has 1 saturated heterocycles. The van der Waals surface area contributed by atoms with Crippen LogP contribution in [-0.2, 0) is 25.7 Å². The van der Waals surface area contributed by atoms with Gasteiger partial charge >= 0.3 is 0 Å². The van der Waals surface area contributed by atoms with Gasteiger partial charge in [-0.25, -0.2) is 4.39 Å². The van der Waals surface area contributed by atoms with E-state index >= 15 is 0 Å². The number of rotatable bonds is 9. The van der Waals surface area contributed by atoms with Crippen LogP contribution in [0.5, 0.6) is 0 Å². The van der Waals surface area contributed by atoms with Crippen molar-refractivity contribution in [2.75, 3.05) is 48.0 Å². The molecule has 1 atom stereocenters. The number of nitrogens with zero attached hydrogens (tertiary/aromatic N) is 3. The van der Waals surface area contributed by atoms with Gasteiger partial charge in [0.1, 0.15) is 18.4 Å². The number of carbonyl (C=O) groups is 4. The molecule has 0 bridgehead atoms. The van der Waals surface area contributed by atoms with Gasteiger partial charge in [0.2, 0.25) is 5.91 Å². The summed E-state index contributed by atoms with van der Waals surface area (Å²) in [7, 11) is 0. The molecule has 0 radical (unpaired) electrons. The second-order valence-corrected chi connectivity index (χ2v) is 11.4. The molecule has 0 aliphatic carbocycles. The third kappa shape index (κ3) is 6.63. The van der Waals surface area contributed by atoms with E-state index in [2.05, 4.69) is 10.2 Å². The second kappa shape index (κ2) is 13.5. The Morgan fingerprint density at radius 1 is 0.891 bits per heavy atom. The topological polar surface area (TPSA) is 99.3 Å². The van der Waals surface area contributed by atoms with E-state index in [1.165, 1.54) is 35.2 Å². The smallest absolute Gasteiger partial charge is 0.299 e. The molecule has 1 fully saturated rings.